The number of likely N-dealkylation sites (tertiary alicyclic amines) is 1. The Labute approximate surface area is 138 Å². The number of benzene rings is 1. The molecule has 1 aliphatic heterocycles. The van der Waals surface area contributed by atoms with Crippen LogP contribution in [0.15, 0.2) is 21.5 Å². The van der Waals surface area contributed by atoms with E-state index in [2.05, 4.69) is 29.8 Å². The maximum absolute atomic E-state index is 12.7. The summed E-state index contributed by atoms with van der Waals surface area (Å²) in [6.45, 7) is 7.18. The SMILES string of the molecule is Cc1c(C(=O)N2CCC(C)(C)C2)cc(Br)cc1S(=O)(=O)Cl. The average molecular weight is 395 g/mol. The second-order valence-corrected chi connectivity index (χ2v) is 9.61. The first-order valence-electron chi connectivity index (χ1n) is 6.55. The van der Waals surface area contributed by atoms with Crippen molar-refractivity contribution in [1.82, 2.24) is 4.90 Å². The van der Waals surface area contributed by atoms with Crippen molar-refractivity contribution in [1.29, 1.82) is 0 Å². The van der Waals surface area contributed by atoms with Gasteiger partial charge in [-0.05, 0) is 36.5 Å². The van der Waals surface area contributed by atoms with Gasteiger partial charge in [-0.15, -0.1) is 0 Å². The van der Waals surface area contributed by atoms with Crippen LogP contribution in [0.1, 0.15) is 36.2 Å². The molecule has 0 saturated carbocycles. The average Bonchev–Trinajstić information content (AvgIpc) is 2.70. The molecule has 1 aromatic rings. The van der Waals surface area contributed by atoms with Gasteiger partial charge >= 0.3 is 0 Å². The summed E-state index contributed by atoms with van der Waals surface area (Å²) >= 11 is 3.25. The van der Waals surface area contributed by atoms with Crippen LogP contribution in [0, 0.1) is 12.3 Å². The Hall–Kier alpha value is -0.590. The summed E-state index contributed by atoms with van der Waals surface area (Å²) in [5.74, 6) is -0.152. The van der Waals surface area contributed by atoms with Crippen LogP contribution in [0.25, 0.3) is 0 Å². The first kappa shape index (κ1) is 16.8. The summed E-state index contributed by atoms with van der Waals surface area (Å²) in [6, 6.07) is 3.07. The Morgan fingerprint density at radius 2 is 2.00 bits per heavy atom. The number of carbonyl (C=O) groups is 1. The maximum Gasteiger partial charge on any atom is 0.261 e. The number of amides is 1. The van der Waals surface area contributed by atoms with Gasteiger partial charge in [0, 0.05) is 33.8 Å². The number of carbonyl (C=O) groups excluding carboxylic acids is 1. The van der Waals surface area contributed by atoms with Crippen molar-refractivity contribution in [3.63, 3.8) is 0 Å². The lowest BCUT2D eigenvalue weighted by Gasteiger charge is -2.21. The van der Waals surface area contributed by atoms with Gasteiger partial charge in [0.25, 0.3) is 15.0 Å². The second-order valence-electron chi connectivity index (χ2n) is 6.16. The zero-order valence-corrected chi connectivity index (χ0v) is 15.3. The highest BCUT2D eigenvalue weighted by atomic mass is 79.9. The van der Waals surface area contributed by atoms with E-state index in [1.54, 1.807) is 17.9 Å². The van der Waals surface area contributed by atoms with E-state index in [0.29, 0.717) is 28.7 Å². The van der Waals surface area contributed by atoms with Crippen molar-refractivity contribution in [2.24, 2.45) is 5.41 Å². The van der Waals surface area contributed by atoms with Crippen molar-refractivity contribution in [2.45, 2.75) is 32.1 Å². The lowest BCUT2D eigenvalue weighted by atomic mass is 9.93. The molecule has 116 valence electrons. The molecule has 1 amide bonds. The molecule has 7 heteroatoms. The predicted octanol–water partition coefficient (Wildman–Crippen LogP) is 3.56. The van der Waals surface area contributed by atoms with E-state index >= 15 is 0 Å². The van der Waals surface area contributed by atoms with E-state index < -0.39 is 9.05 Å². The van der Waals surface area contributed by atoms with Gasteiger partial charge in [0.1, 0.15) is 0 Å². The molecule has 1 fully saturated rings. The molecule has 0 bridgehead atoms. The van der Waals surface area contributed by atoms with Gasteiger partial charge in [0.05, 0.1) is 4.90 Å². The molecule has 0 radical (unpaired) electrons. The molecule has 21 heavy (non-hydrogen) atoms. The Morgan fingerprint density at radius 1 is 1.38 bits per heavy atom. The Balaban J connectivity index is 2.46. The molecule has 2 rings (SSSR count). The van der Waals surface area contributed by atoms with Crippen molar-refractivity contribution in [2.75, 3.05) is 13.1 Å². The van der Waals surface area contributed by atoms with Crippen LogP contribution in [0.4, 0.5) is 0 Å². The van der Waals surface area contributed by atoms with Crippen LogP contribution in [0.3, 0.4) is 0 Å². The number of hydrogen-bond donors (Lipinski definition) is 0. The van der Waals surface area contributed by atoms with Crippen LogP contribution in [-0.2, 0) is 9.05 Å². The van der Waals surface area contributed by atoms with Gasteiger partial charge in [0.2, 0.25) is 0 Å². The molecule has 0 aromatic heterocycles. The molecule has 1 saturated heterocycles. The van der Waals surface area contributed by atoms with Crippen LogP contribution in [-0.4, -0.2) is 32.3 Å². The highest BCUT2D eigenvalue weighted by Crippen LogP contribution is 2.32. The third-order valence-electron chi connectivity index (χ3n) is 3.78. The molecule has 0 atom stereocenters. The minimum atomic E-state index is -3.89. The van der Waals surface area contributed by atoms with Crippen molar-refractivity contribution in [3.05, 3.63) is 27.7 Å². The van der Waals surface area contributed by atoms with E-state index in [9.17, 15) is 13.2 Å². The molecule has 0 unspecified atom stereocenters. The largest absolute Gasteiger partial charge is 0.338 e. The molecular weight excluding hydrogens is 378 g/mol. The fourth-order valence-electron chi connectivity index (χ4n) is 2.59. The fraction of sp³-hybridized carbons (Fsp3) is 0.500. The minimum absolute atomic E-state index is 0.0275. The second kappa shape index (κ2) is 5.56. The molecule has 1 heterocycles. The van der Waals surface area contributed by atoms with Gasteiger partial charge in [-0.3, -0.25) is 4.79 Å². The summed E-state index contributed by atoms with van der Waals surface area (Å²) in [6.07, 6.45) is 0.937. The number of rotatable bonds is 2. The van der Waals surface area contributed by atoms with Crippen molar-refractivity contribution >= 4 is 41.6 Å². The third kappa shape index (κ3) is 3.60. The van der Waals surface area contributed by atoms with Crippen LogP contribution >= 0.6 is 26.6 Å². The lowest BCUT2D eigenvalue weighted by molar-refractivity contribution is 0.0777. The topological polar surface area (TPSA) is 54.5 Å². The summed E-state index contributed by atoms with van der Waals surface area (Å²) in [5.41, 5.74) is 0.862. The number of hydrogen-bond acceptors (Lipinski definition) is 3. The van der Waals surface area contributed by atoms with E-state index in [-0.39, 0.29) is 16.2 Å². The standard InChI is InChI=1S/C14H17BrClNO3S/c1-9-11(6-10(15)7-12(9)21(16,19)20)13(18)17-5-4-14(2,3)8-17/h6-7H,4-5,8H2,1-3H3. The van der Waals surface area contributed by atoms with Crippen molar-refractivity contribution in [3.8, 4) is 0 Å². The first-order valence-corrected chi connectivity index (χ1v) is 9.66. The van der Waals surface area contributed by atoms with E-state index in [1.807, 2.05) is 0 Å². The molecule has 1 aromatic carbocycles. The Morgan fingerprint density at radius 3 is 2.48 bits per heavy atom. The van der Waals surface area contributed by atoms with Gasteiger partial charge in [-0.1, -0.05) is 29.8 Å². The summed E-state index contributed by atoms with van der Waals surface area (Å²) in [7, 11) is 1.56. The molecule has 4 nitrogen and oxygen atoms in total. The molecule has 0 aliphatic carbocycles. The molecular formula is C14H17BrClNO3S. The zero-order valence-electron chi connectivity index (χ0n) is 12.1. The fourth-order valence-corrected chi connectivity index (χ4v) is 4.42. The summed E-state index contributed by atoms with van der Waals surface area (Å²) in [5, 5.41) is 0. The van der Waals surface area contributed by atoms with Crippen molar-refractivity contribution < 1.29 is 13.2 Å². The molecule has 0 N–H and O–H groups in total. The van der Waals surface area contributed by atoms with Gasteiger partial charge in [0.15, 0.2) is 0 Å². The number of halogens is 2. The third-order valence-corrected chi connectivity index (χ3v) is 5.69. The molecule has 0 spiro atoms. The monoisotopic (exact) mass is 393 g/mol. The van der Waals surface area contributed by atoms with Gasteiger partial charge in [-0.2, -0.15) is 0 Å². The van der Waals surface area contributed by atoms with Gasteiger partial charge < -0.3 is 4.90 Å². The quantitative estimate of drug-likeness (QED) is 0.721. The van der Waals surface area contributed by atoms with E-state index in [0.717, 1.165) is 6.42 Å². The Bertz CT molecular complexity index is 700. The summed E-state index contributed by atoms with van der Waals surface area (Å²) < 4.78 is 23.8. The number of nitrogens with zero attached hydrogens (tertiary/aromatic N) is 1. The van der Waals surface area contributed by atoms with Crippen LogP contribution < -0.4 is 0 Å². The highest BCUT2D eigenvalue weighted by molar-refractivity contribution is 9.10. The van der Waals surface area contributed by atoms with Gasteiger partial charge in [-0.25, -0.2) is 8.42 Å². The highest BCUT2D eigenvalue weighted by Gasteiger charge is 2.33. The normalized spacial score (nSPS) is 18.0. The Kier molecular flexibility index (Phi) is 4.44. The zero-order chi connectivity index (χ0) is 16.0. The van der Waals surface area contributed by atoms with E-state index in [1.165, 1.54) is 6.07 Å². The maximum atomic E-state index is 12.7. The van der Waals surface area contributed by atoms with E-state index in [4.69, 9.17) is 10.7 Å². The van der Waals surface area contributed by atoms with Crippen LogP contribution in [0.2, 0.25) is 0 Å². The summed E-state index contributed by atoms with van der Waals surface area (Å²) in [4.78, 5) is 14.4. The van der Waals surface area contributed by atoms with Crippen LogP contribution in [0.5, 0.6) is 0 Å². The first-order chi connectivity index (χ1) is 9.51. The smallest absolute Gasteiger partial charge is 0.261 e. The minimum Gasteiger partial charge on any atom is -0.338 e. The molecule has 1 aliphatic rings. The lowest BCUT2D eigenvalue weighted by Crippen LogP contribution is -2.31. The predicted molar refractivity (Wildman–Crippen MR) is 86.2 cm³/mol.